The molecular formula is C13H18N4. The van der Waals surface area contributed by atoms with Gasteiger partial charge in [-0.15, -0.1) is 5.10 Å². The van der Waals surface area contributed by atoms with E-state index in [0.29, 0.717) is 12.5 Å². The normalized spacial score (nSPS) is 17.3. The van der Waals surface area contributed by atoms with Crippen molar-refractivity contribution >= 4 is 6.72 Å². The van der Waals surface area contributed by atoms with Gasteiger partial charge in [-0.1, -0.05) is 16.9 Å². The predicted molar refractivity (Wildman–Crippen MR) is 69.1 cm³/mol. The van der Waals surface area contributed by atoms with Gasteiger partial charge in [0.1, 0.15) is 0 Å². The Kier molecular flexibility index (Phi) is 3.52. The number of aromatic nitrogens is 3. The van der Waals surface area contributed by atoms with Crippen molar-refractivity contribution in [3.8, 4) is 0 Å². The van der Waals surface area contributed by atoms with Gasteiger partial charge in [0.15, 0.2) is 0 Å². The molecule has 2 rings (SSSR count). The minimum atomic E-state index is 0.633. The highest BCUT2D eigenvalue weighted by Gasteiger charge is 2.26. The van der Waals surface area contributed by atoms with Crippen LogP contribution in [-0.4, -0.2) is 21.7 Å². The van der Waals surface area contributed by atoms with Gasteiger partial charge in [-0.2, -0.15) is 0 Å². The number of nitrogens with zero attached hydrogens (tertiary/aromatic N) is 4. The van der Waals surface area contributed by atoms with Crippen molar-refractivity contribution < 1.29 is 0 Å². The summed E-state index contributed by atoms with van der Waals surface area (Å²) in [4.78, 5) is 4.02. The van der Waals surface area contributed by atoms with Crippen LogP contribution in [0.25, 0.3) is 0 Å². The summed E-state index contributed by atoms with van der Waals surface area (Å²) >= 11 is 0. The van der Waals surface area contributed by atoms with E-state index in [4.69, 9.17) is 0 Å². The molecule has 0 bridgehead atoms. The third-order valence-electron chi connectivity index (χ3n) is 2.93. The first-order valence-corrected chi connectivity index (χ1v) is 5.93. The highest BCUT2D eigenvalue weighted by molar-refractivity contribution is 5.32. The van der Waals surface area contributed by atoms with Crippen molar-refractivity contribution in [2.75, 3.05) is 0 Å². The summed E-state index contributed by atoms with van der Waals surface area (Å²) in [5.74, 6) is 0.644. The minimum absolute atomic E-state index is 0.633. The summed E-state index contributed by atoms with van der Waals surface area (Å²) in [6.07, 6.45) is 8.58. The molecular weight excluding hydrogens is 212 g/mol. The van der Waals surface area contributed by atoms with E-state index in [1.54, 1.807) is 0 Å². The Bertz CT molecular complexity index is 464. The predicted octanol–water partition coefficient (Wildman–Crippen LogP) is 2.71. The molecule has 0 saturated heterocycles. The van der Waals surface area contributed by atoms with Crippen LogP contribution in [0, 0.1) is 0 Å². The van der Waals surface area contributed by atoms with Gasteiger partial charge in [0.2, 0.25) is 0 Å². The van der Waals surface area contributed by atoms with Gasteiger partial charge >= 0.3 is 0 Å². The average Bonchev–Trinajstić information content (AvgIpc) is 3.09. The number of hydrogen-bond donors (Lipinski definition) is 0. The molecule has 1 saturated carbocycles. The van der Waals surface area contributed by atoms with Crippen molar-refractivity contribution in [3.05, 3.63) is 35.3 Å². The van der Waals surface area contributed by atoms with Crippen LogP contribution in [0.15, 0.2) is 34.6 Å². The van der Waals surface area contributed by atoms with Gasteiger partial charge in [-0.3, -0.25) is 4.99 Å². The molecule has 4 nitrogen and oxygen atoms in total. The summed E-state index contributed by atoms with van der Waals surface area (Å²) in [5.41, 5.74) is 3.19. The van der Waals surface area contributed by atoms with E-state index < -0.39 is 0 Å². The Balaban J connectivity index is 2.06. The van der Waals surface area contributed by atoms with Crippen LogP contribution in [0.3, 0.4) is 0 Å². The maximum atomic E-state index is 4.17. The first kappa shape index (κ1) is 11.8. The van der Waals surface area contributed by atoms with Gasteiger partial charge in [0.05, 0.1) is 17.9 Å². The van der Waals surface area contributed by atoms with Crippen LogP contribution in [-0.2, 0) is 6.54 Å². The second-order valence-corrected chi connectivity index (χ2v) is 4.44. The molecule has 1 heterocycles. The highest BCUT2D eigenvalue weighted by Crippen LogP contribution is 2.38. The van der Waals surface area contributed by atoms with Crippen molar-refractivity contribution in [1.82, 2.24) is 15.0 Å². The summed E-state index contributed by atoms with van der Waals surface area (Å²) in [6, 6.07) is 0. The zero-order chi connectivity index (χ0) is 12.3. The van der Waals surface area contributed by atoms with E-state index in [0.717, 1.165) is 11.4 Å². The fourth-order valence-corrected chi connectivity index (χ4v) is 1.61. The fraction of sp³-hybridized carbons (Fsp3) is 0.462. The molecule has 0 aromatic carbocycles. The molecule has 1 aromatic heterocycles. The van der Waals surface area contributed by atoms with Crippen LogP contribution < -0.4 is 0 Å². The lowest BCUT2D eigenvalue weighted by Gasteiger charge is -2.01. The molecule has 0 radical (unpaired) electrons. The molecule has 1 fully saturated rings. The number of allylic oxidation sites excluding steroid dienone is 4. The summed E-state index contributed by atoms with van der Waals surface area (Å²) in [7, 11) is 0. The molecule has 0 aliphatic heterocycles. The summed E-state index contributed by atoms with van der Waals surface area (Å²) < 4.78 is 1.83. The average molecular weight is 230 g/mol. The Morgan fingerprint density at radius 2 is 2.41 bits per heavy atom. The molecule has 0 atom stereocenters. The number of aliphatic imine (C=N–C) groups is 1. The van der Waals surface area contributed by atoms with Gasteiger partial charge in [-0.25, -0.2) is 4.68 Å². The van der Waals surface area contributed by atoms with Gasteiger partial charge in [0, 0.05) is 12.1 Å². The molecule has 1 aliphatic rings. The van der Waals surface area contributed by atoms with Crippen LogP contribution in [0.1, 0.15) is 38.3 Å². The van der Waals surface area contributed by atoms with Crippen molar-refractivity contribution in [3.63, 3.8) is 0 Å². The topological polar surface area (TPSA) is 43.1 Å². The van der Waals surface area contributed by atoms with E-state index >= 15 is 0 Å². The summed E-state index contributed by atoms with van der Waals surface area (Å²) in [5, 5.41) is 8.29. The van der Waals surface area contributed by atoms with E-state index in [-0.39, 0.29) is 0 Å². The lowest BCUT2D eigenvalue weighted by molar-refractivity contribution is 0.638. The molecule has 1 aromatic rings. The molecule has 0 spiro atoms. The molecule has 0 unspecified atom stereocenters. The zero-order valence-electron chi connectivity index (χ0n) is 10.4. The van der Waals surface area contributed by atoms with Crippen LogP contribution >= 0.6 is 0 Å². The third kappa shape index (κ3) is 3.12. The van der Waals surface area contributed by atoms with Crippen molar-refractivity contribution in [2.45, 2.75) is 39.2 Å². The number of rotatable bonds is 5. The zero-order valence-corrected chi connectivity index (χ0v) is 10.4. The van der Waals surface area contributed by atoms with E-state index in [2.05, 4.69) is 22.0 Å². The maximum Gasteiger partial charge on any atom is 0.0858 e. The van der Waals surface area contributed by atoms with Gasteiger partial charge in [-0.05, 0) is 39.5 Å². The lowest BCUT2D eigenvalue weighted by Crippen LogP contribution is -2.00. The Labute approximate surface area is 102 Å². The first-order valence-electron chi connectivity index (χ1n) is 5.93. The minimum Gasteiger partial charge on any atom is -0.267 e. The standard InChI is InChI=1S/C13H18N4/c1-4-10(2)7-12(14-3)8-17-9-13(15-16-17)11-5-6-11/h4,7,9,11H,3,5-6,8H2,1-2H3/b10-4-,12-7-. The Hall–Kier alpha value is -1.71. The molecule has 0 amide bonds. The maximum absolute atomic E-state index is 4.17. The van der Waals surface area contributed by atoms with Crippen LogP contribution in [0.4, 0.5) is 0 Å². The molecule has 4 heteroatoms. The number of hydrogen-bond acceptors (Lipinski definition) is 3. The quantitative estimate of drug-likeness (QED) is 0.576. The second kappa shape index (κ2) is 5.08. The molecule has 90 valence electrons. The first-order chi connectivity index (χ1) is 8.22. The summed E-state index contributed by atoms with van der Waals surface area (Å²) in [6.45, 7) is 8.28. The van der Waals surface area contributed by atoms with Crippen LogP contribution in [0.2, 0.25) is 0 Å². The highest BCUT2D eigenvalue weighted by atomic mass is 15.4. The smallest absolute Gasteiger partial charge is 0.0858 e. The monoisotopic (exact) mass is 230 g/mol. The van der Waals surface area contributed by atoms with Gasteiger partial charge < -0.3 is 0 Å². The fourth-order valence-electron chi connectivity index (χ4n) is 1.61. The SMILES string of the molecule is C=N/C(=C\C(C)=C/C)Cn1cc(C2CC2)nn1. The largest absolute Gasteiger partial charge is 0.267 e. The third-order valence-corrected chi connectivity index (χ3v) is 2.93. The van der Waals surface area contributed by atoms with Crippen LogP contribution in [0.5, 0.6) is 0 Å². The van der Waals surface area contributed by atoms with E-state index in [9.17, 15) is 0 Å². The lowest BCUT2D eigenvalue weighted by atomic mass is 10.2. The molecule has 17 heavy (non-hydrogen) atoms. The van der Waals surface area contributed by atoms with Crippen molar-refractivity contribution in [2.24, 2.45) is 4.99 Å². The van der Waals surface area contributed by atoms with Gasteiger partial charge in [0.25, 0.3) is 0 Å². The molecule has 0 N–H and O–H groups in total. The van der Waals surface area contributed by atoms with E-state index in [1.807, 2.05) is 36.9 Å². The molecule has 1 aliphatic carbocycles. The Morgan fingerprint density at radius 3 is 3.00 bits per heavy atom. The Morgan fingerprint density at radius 1 is 1.65 bits per heavy atom. The van der Waals surface area contributed by atoms with E-state index in [1.165, 1.54) is 18.4 Å². The second-order valence-electron chi connectivity index (χ2n) is 4.44. The van der Waals surface area contributed by atoms with Crippen molar-refractivity contribution in [1.29, 1.82) is 0 Å².